The van der Waals surface area contributed by atoms with Crippen molar-refractivity contribution in [3.8, 4) is 17.4 Å². The molecule has 0 spiro atoms. The van der Waals surface area contributed by atoms with Crippen molar-refractivity contribution in [2.45, 2.75) is 0 Å². The number of phenols is 2. The Kier molecular flexibility index (Phi) is 3.90. The van der Waals surface area contributed by atoms with Gasteiger partial charge in [0.05, 0.1) is 7.11 Å². The molecule has 3 N–H and O–H groups in total. The van der Waals surface area contributed by atoms with Gasteiger partial charge < -0.3 is 14.9 Å². The van der Waals surface area contributed by atoms with E-state index in [1.165, 1.54) is 25.3 Å². The largest absolute Gasteiger partial charge is 0.504 e. The average Bonchev–Trinajstić information content (AvgIpc) is 2.41. The Morgan fingerprint density at radius 3 is 2.65 bits per heavy atom. The molecule has 1 amide bonds. The summed E-state index contributed by atoms with van der Waals surface area (Å²) >= 11 is 5.75. The van der Waals surface area contributed by atoms with Crippen LogP contribution in [0.1, 0.15) is 10.4 Å². The normalized spacial score (nSPS) is 10.1. The van der Waals surface area contributed by atoms with Crippen LogP contribution in [0.3, 0.4) is 0 Å². The Balaban J connectivity index is 2.23. The summed E-state index contributed by atoms with van der Waals surface area (Å²) in [6, 6.07) is 5.05. The lowest BCUT2D eigenvalue weighted by Gasteiger charge is -2.06. The summed E-state index contributed by atoms with van der Waals surface area (Å²) in [4.78, 5) is 19.6. The summed E-state index contributed by atoms with van der Waals surface area (Å²) in [5.74, 6) is -1.12. The smallest absolute Gasteiger partial charge is 0.258 e. The molecule has 8 heteroatoms. The molecule has 7 nitrogen and oxygen atoms in total. The van der Waals surface area contributed by atoms with E-state index < -0.39 is 11.7 Å². The van der Waals surface area contributed by atoms with E-state index >= 15 is 0 Å². The van der Waals surface area contributed by atoms with Crippen molar-refractivity contribution >= 4 is 23.5 Å². The SMILES string of the molecule is COc1cc(Cl)nc(NC(=O)c2ccc(O)c(O)c2)n1. The number of hydrogen-bond acceptors (Lipinski definition) is 6. The summed E-state index contributed by atoms with van der Waals surface area (Å²) in [6.07, 6.45) is 0. The van der Waals surface area contributed by atoms with Gasteiger partial charge in [0.2, 0.25) is 11.8 Å². The van der Waals surface area contributed by atoms with Crippen LogP contribution < -0.4 is 10.1 Å². The summed E-state index contributed by atoms with van der Waals surface area (Å²) < 4.78 is 4.90. The summed E-state index contributed by atoms with van der Waals surface area (Å²) in [5, 5.41) is 21.0. The number of nitrogens with zero attached hydrogens (tertiary/aromatic N) is 2. The van der Waals surface area contributed by atoms with Crippen molar-refractivity contribution in [1.29, 1.82) is 0 Å². The Morgan fingerprint density at radius 1 is 1.25 bits per heavy atom. The van der Waals surface area contributed by atoms with Gasteiger partial charge in [-0.05, 0) is 18.2 Å². The molecule has 0 atom stereocenters. The number of carbonyl (C=O) groups is 1. The van der Waals surface area contributed by atoms with Crippen molar-refractivity contribution in [3.63, 3.8) is 0 Å². The fraction of sp³-hybridized carbons (Fsp3) is 0.0833. The van der Waals surface area contributed by atoms with Gasteiger partial charge in [-0.1, -0.05) is 11.6 Å². The van der Waals surface area contributed by atoms with Gasteiger partial charge in [-0.15, -0.1) is 0 Å². The van der Waals surface area contributed by atoms with Crippen LogP contribution in [0.15, 0.2) is 24.3 Å². The van der Waals surface area contributed by atoms with Crippen LogP contribution in [0.5, 0.6) is 17.4 Å². The molecule has 0 radical (unpaired) electrons. The van der Waals surface area contributed by atoms with E-state index in [4.69, 9.17) is 16.3 Å². The molecule has 2 rings (SSSR count). The quantitative estimate of drug-likeness (QED) is 0.589. The first kappa shape index (κ1) is 13.9. The molecule has 0 saturated heterocycles. The molecule has 1 aromatic carbocycles. The van der Waals surface area contributed by atoms with Crippen molar-refractivity contribution in [3.05, 3.63) is 35.0 Å². The molecular weight excluding hydrogens is 286 g/mol. The topological polar surface area (TPSA) is 105 Å². The molecule has 0 saturated carbocycles. The number of phenolic OH excluding ortho intramolecular Hbond substituents is 2. The fourth-order valence-electron chi connectivity index (χ4n) is 1.40. The third-order valence-electron chi connectivity index (χ3n) is 2.34. The highest BCUT2D eigenvalue weighted by molar-refractivity contribution is 6.29. The van der Waals surface area contributed by atoms with Gasteiger partial charge in [-0.2, -0.15) is 4.98 Å². The first-order valence-corrected chi connectivity index (χ1v) is 5.79. The van der Waals surface area contributed by atoms with Gasteiger partial charge in [0.25, 0.3) is 5.91 Å². The Hall–Kier alpha value is -2.54. The van der Waals surface area contributed by atoms with Crippen molar-refractivity contribution in [2.75, 3.05) is 12.4 Å². The lowest BCUT2D eigenvalue weighted by atomic mass is 10.2. The van der Waals surface area contributed by atoms with Gasteiger partial charge in [-0.25, -0.2) is 4.98 Å². The molecule has 1 aromatic heterocycles. The van der Waals surface area contributed by atoms with Crippen molar-refractivity contribution in [2.24, 2.45) is 0 Å². The first-order chi connectivity index (χ1) is 9.49. The van der Waals surface area contributed by atoms with E-state index in [-0.39, 0.29) is 28.3 Å². The van der Waals surface area contributed by atoms with Gasteiger partial charge in [0.15, 0.2) is 11.5 Å². The van der Waals surface area contributed by atoms with E-state index in [0.29, 0.717) is 0 Å². The number of anilines is 1. The number of carbonyl (C=O) groups excluding carboxylic acids is 1. The first-order valence-electron chi connectivity index (χ1n) is 5.41. The summed E-state index contributed by atoms with van der Waals surface area (Å²) in [5.41, 5.74) is 0.128. The highest BCUT2D eigenvalue weighted by Crippen LogP contribution is 2.25. The van der Waals surface area contributed by atoms with Gasteiger partial charge >= 0.3 is 0 Å². The maximum Gasteiger partial charge on any atom is 0.258 e. The number of benzene rings is 1. The highest BCUT2D eigenvalue weighted by atomic mass is 35.5. The molecule has 0 aliphatic heterocycles. The minimum absolute atomic E-state index is 0.0353. The fourth-order valence-corrected chi connectivity index (χ4v) is 1.57. The zero-order chi connectivity index (χ0) is 14.7. The van der Waals surface area contributed by atoms with Crippen molar-refractivity contribution in [1.82, 2.24) is 9.97 Å². The molecule has 0 bridgehead atoms. The molecule has 1 heterocycles. The minimum Gasteiger partial charge on any atom is -0.504 e. The number of hydrogen-bond donors (Lipinski definition) is 3. The second kappa shape index (κ2) is 5.62. The highest BCUT2D eigenvalue weighted by Gasteiger charge is 2.12. The number of methoxy groups -OCH3 is 1. The maximum atomic E-state index is 11.9. The van der Waals surface area contributed by atoms with E-state index in [2.05, 4.69) is 15.3 Å². The molecule has 0 fully saturated rings. The van der Waals surface area contributed by atoms with Gasteiger partial charge in [0, 0.05) is 11.6 Å². The van der Waals surface area contributed by atoms with Crippen molar-refractivity contribution < 1.29 is 19.7 Å². The van der Waals surface area contributed by atoms with Crippen LogP contribution in [0.4, 0.5) is 5.95 Å². The lowest BCUT2D eigenvalue weighted by Crippen LogP contribution is -2.14. The van der Waals surface area contributed by atoms with E-state index in [1.807, 2.05) is 0 Å². The Bertz CT molecular complexity index is 663. The Labute approximate surface area is 118 Å². The number of rotatable bonds is 3. The molecule has 0 unspecified atom stereocenters. The van der Waals surface area contributed by atoms with E-state index in [1.54, 1.807) is 0 Å². The van der Waals surface area contributed by atoms with Crippen LogP contribution in [-0.2, 0) is 0 Å². The number of amides is 1. The summed E-state index contributed by atoms with van der Waals surface area (Å²) in [7, 11) is 1.41. The summed E-state index contributed by atoms with van der Waals surface area (Å²) in [6.45, 7) is 0. The molecule has 0 aliphatic rings. The van der Waals surface area contributed by atoms with E-state index in [0.717, 1.165) is 6.07 Å². The standard InChI is InChI=1S/C12H10ClN3O4/c1-20-10-5-9(13)14-12(15-10)16-11(19)6-2-3-7(17)8(18)4-6/h2-5,17-18H,1H3,(H,14,15,16,19). The minimum atomic E-state index is -0.565. The molecular formula is C12H10ClN3O4. The zero-order valence-electron chi connectivity index (χ0n) is 10.3. The van der Waals surface area contributed by atoms with Crippen LogP contribution >= 0.6 is 11.6 Å². The number of aromatic hydroxyl groups is 2. The maximum absolute atomic E-state index is 11.9. The second-order valence-corrected chi connectivity index (χ2v) is 4.10. The number of aromatic nitrogens is 2. The number of nitrogens with one attached hydrogen (secondary N) is 1. The third kappa shape index (κ3) is 3.07. The monoisotopic (exact) mass is 295 g/mol. The lowest BCUT2D eigenvalue weighted by molar-refractivity contribution is 0.102. The Morgan fingerprint density at radius 2 is 2.00 bits per heavy atom. The molecule has 0 aliphatic carbocycles. The van der Waals surface area contributed by atoms with Gasteiger partial charge in [-0.3, -0.25) is 10.1 Å². The average molecular weight is 296 g/mol. The predicted octanol–water partition coefficient (Wildman–Crippen LogP) is 1.80. The predicted molar refractivity (Wildman–Crippen MR) is 71.3 cm³/mol. The van der Waals surface area contributed by atoms with Gasteiger partial charge in [0.1, 0.15) is 5.15 Å². The van der Waals surface area contributed by atoms with Crippen LogP contribution in [-0.4, -0.2) is 33.2 Å². The molecule has 20 heavy (non-hydrogen) atoms. The zero-order valence-corrected chi connectivity index (χ0v) is 11.0. The number of ether oxygens (including phenoxy) is 1. The second-order valence-electron chi connectivity index (χ2n) is 3.71. The number of halogens is 1. The van der Waals surface area contributed by atoms with Crippen LogP contribution in [0.25, 0.3) is 0 Å². The van der Waals surface area contributed by atoms with Crippen LogP contribution in [0, 0.1) is 0 Å². The van der Waals surface area contributed by atoms with Crippen LogP contribution in [0.2, 0.25) is 5.15 Å². The van der Waals surface area contributed by atoms with E-state index in [9.17, 15) is 15.0 Å². The third-order valence-corrected chi connectivity index (χ3v) is 2.54. The molecule has 104 valence electrons. The molecule has 2 aromatic rings.